The molecule has 1 amide bonds. The van der Waals surface area contributed by atoms with Gasteiger partial charge in [0.2, 0.25) is 0 Å². The van der Waals surface area contributed by atoms with Crippen molar-refractivity contribution in [3.63, 3.8) is 0 Å². The highest BCUT2D eigenvalue weighted by Gasteiger charge is 2.32. The molecule has 2 aromatic heterocycles. The van der Waals surface area contributed by atoms with Gasteiger partial charge >= 0.3 is 0 Å². The molecule has 1 aliphatic heterocycles. The number of carbonyl (C=O) groups excluding carboxylic acids is 1. The molecule has 3 rings (SSSR count). The molecule has 7 heteroatoms. The smallest absolute Gasteiger partial charge is 0.266 e. The van der Waals surface area contributed by atoms with Crippen molar-refractivity contribution in [2.75, 3.05) is 6.54 Å². The number of aliphatic hydroxyl groups excluding tert-OH is 1. The minimum Gasteiger partial charge on any atom is -0.393 e. The number of thiazole rings is 1. The zero-order valence-corrected chi connectivity index (χ0v) is 14.5. The second-order valence-electron chi connectivity index (χ2n) is 6.22. The normalized spacial score (nSPS) is 19.3. The topological polar surface area (TPSA) is 71.2 Å². The molecule has 1 aliphatic rings. The van der Waals surface area contributed by atoms with Crippen LogP contribution in [0.3, 0.4) is 0 Å². The van der Waals surface area contributed by atoms with Gasteiger partial charge in [0.1, 0.15) is 9.88 Å². The SMILES string of the molecule is Cc1nc(-c2cnn(C)c2)sc1C(=O)N1CCCC1CC(C)O. The van der Waals surface area contributed by atoms with Gasteiger partial charge in [-0.3, -0.25) is 9.48 Å². The van der Waals surface area contributed by atoms with Crippen molar-refractivity contribution in [1.29, 1.82) is 0 Å². The van der Waals surface area contributed by atoms with Crippen LogP contribution in [0, 0.1) is 6.92 Å². The largest absolute Gasteiger partial charge is 0.393 e. The molecule has 0 saturated carbocycles. The zero-order valence-electron chi connectivity index (χ0n) is 13.7. The van der Waals surface area contributed by atoms with Crippen molar-refractivity contribution in [2.24, 2.45) is 7.05 Å². The van der Waals surface area contributed by atoms with Crippen molar-refractivity contribution in [1.82, 2.24) is 19.7 Å². The monoisotopic (exact) mass is 334 g/mol. The molecule has 2 atom stereocenters. The molecule has 0 spiro atoms. The highest BCUT2D eigenvalue weighted by Crippen LogP contribution is 2.31. The van der Waals surface area contributed by atoms with Crippen molar-refractivity contribution >= 4 is 17.2 Å². The molecule has 0 radical (unpaired) electrons. The molecule has 124 valence electrons. The lowest BCUT2D eigenvalue weighted by Crippen LogP contribution is -2.37. The van der Waals surface area contributed by atoms with Gasteiger partial charge in [0.25, 0.3) is 5.91 Å². The molecule has 2 unspecified atom stereocenters. The Morgan fingerprint density at radius 1 is 1.57 bits per heavy atom. The first-order valence-corrected chi connectivity index (χ1v) is 8.73. The molecule has 1 N–H and O–H groups in total. The van der Waals surface area contributed by atoms with Crippen LogP contribution in [0.4, 0.5) is 0 Å². The Balaban J connectivity index is 1.83. The Morgan fingerprint density at radius 2 is 2.35 bits per heavy atom. The summed E-state index contributed by atoms with van der Waals surface area (Å²) in [6.07, 6.45) is 5.87. The second-order valence-corrected chi connectivity index (χ2v) is 7.21. The fraction of sp³-hybridized carbons (Fsp3) is 0.562. The molecule has 1 saturated heterocycles. The first-order chi connectivity index (χ1) is 11.0. The van der Waals surface area contributed by atoms with Crippen LogP contribution in [0.1, 0.15) is 41.6 Å². The molecule has 0 aliphatic carbocycles. The minimum atomic E-state index is -0.387. The highest BCUT2D eigenvalue weighted by molar-refractivity contribution is 7.17. The molecular formula is C16H22N4O2S. The summed E-state index contributed by atoms with van der Waals surface area (Å²) in [5.41, 5.74) is 1.70. The number of hydrogen-bond acceptors (Lipinski definition) is 5. The van der Waals surface area contributed by atoms with E-state index in [1.165, 1.54) is 11.3 Å². The lowest BCUT2D eigenvalue weighted by atomic mass is 10.1. The maximum absolute atomic E-state index is 12.9. The minimum absolute atomic E-state index is 0.0401. The van der Waals surface area contributed by atoms with E-state index >= 15 is 0 Å². The van der Waals surface area contributed by atoms with Gasteiger partial charge in [0.05, 0.1) is 18.0 Å². The van der Waals surface area contributed by atoms with Crippen molar-refractivity contribution in [3.05, 3.63) is 23.0 Å². The van der Waals surface area contributed by atoms with Gasteiger partial charge < -0.3 is 10.0 Å². The van der Waals surface area contributed by atoms with Crippen LogP contribution in [0.25, 0.3) is 10.6 Å². The first kappa shape index (κ1) is 16.1. The summed E-state index contributed by atoms with van der Waals surface area (Å²) >= 11 is 1.42. The Hall–Kier alpha value is -1.73. The third-order valence-corrected chi connectivity index (χ3v) is 5.39. The molecule has 6 nitrogen and oxygen atoms in total. The lowest BCUT2D eigenvalue weighted by molar-refractivity contribution is 0.0686. The Bertz CT molecular complexity index is 707. The van der Waals surface area contributed by atoms with E-state index in [1.807, 2.05) is 25.1 Å². The molecule has 23 heavy (non-hydrogen) atoms. The summed E-state index contributed by atoms with van der Waals surface area (Å²) in [6, 6.07) is 0.130. The summed E-state index contributed by atoms with van der Waals surface area (Å²) in [5, 5.41) is 14.6. The standard InChI is InChI=1S/C16H22N4O2S/c1-10(21)7-13-5-4-6-20(13)16(22)14-11(2)18-15(23-14)12-8-17-19(3)9-12/h8-10,13,21H,4-7H2,1-3H3. The van der Waals surface area contributed by atoms with Gasteiger partial charge in [-0.1, -0.05) is 0 Å². The fourth-order valence-corrected chi connectivity index (χ4v) is 4.12. The quantitative estimate of drug-likeness (QED) is 0.931. The molecule has 0 aromatic carbocycles. The summed E-state index contributed by atoms with van der Waals surface area (Å²) in [7, 11) is 1.86. The molecule has 3 heterocycles. The summed E-state index contributed by atoms with van der Waals surface area (Å²) in [5.74, 6) is 0.0401. The van der Waals surface area contributed by atoms with Crippen LogP contribution in [0.15, 0.2) is 12.4 Å². The molecular weight excluding hydrogens is 312 g/mol. The second kappa shape index (κ2) is 6.41. The van der Waals surface area contributed by atoms with E-state index in [4.69, 9.17) is 0 Å². The molecule has 0 bridgehead atoms. The van der Waals surface area contributed by atoms with Crippen molar-refractivity contribution in [2.45, 2.75) is 45.3 Å². The number of nitrogens with zero attached hydrogens (tertiary/aromatic N) is 4. The Kier molecular flexibility index (Phi) is 4.50. The van der Waals surface area contributed by atoms with Crippen molar-refractivity contribution in [3.8, 4) is 10.6 Å². The highest BCUT2D eigenvalue weighted by atomic mass is 32.1. The van der Waals surface area contributed by atoms with Gasteiger partial charge in [-0.2, -0.15) is 5.10 Å². The van der Waals surface area contributed by atoms with E-state index < -0.39 is 0 Å². The number of aromatic nitrogens is 3. The maximum atomic E-state index is 12.9. The third-order valence-electron chi connectivity index (χ3n) is 4.19. The number of aryl methyl sites for hydroxylation is 2. The lowest BCUT2D eigenvalue weighted by Gasteiger charge is -2.25. The van der Waals surface area contributed by atoms with Crippen LogP contribution < -0.4 is 0 Å². The maximum Gasteiger partial charge on any atom is 0.266 e. The van der Waals surface area contributed by atoms with E-state index in [-0.39, 0.29) is 18.1 Å². The van der Waals surface area contributed by atoms with Gasteiger partial charge in [-0.05, 0) is 33.1 Å². The van der Waals surface area contributed by atoms with Crippen molar-refractivity contribution < 1.29 is 9.90 Å². The predicted molar refractivity (Wildman–Crippen MR) is 89.4 cm³/mol. The average molecular weight is 334 g/mol. The number of aliphatic hydroxyl groups is 1. The fourth-order valence-electron chi connectivity index (χ4n) is 3.12. The number of likely N-dealkylation sites (tertiary alicyclic amines) is 1. The third kappa shape index (κ3) is 3.30. The number of amides is 1. The average Bonchev–Trinajstić information content (AvgIpc) is 3.18. The van der Waals surface area contributed by atoms with E-state index in [1.54, 1.807) is 17.8 Å². The van der Waals surface area contributed by atoms with Gasteiger partial charge in [0, 0.05) is 31.4 Å². The zero-order chi connectivity index (χ0) is 16.6. The van der Waals surface area contributed by atoms with Gasteiger partial charge in [0.15, 0.2) is 0 Å². The van der Waals surface area contributed by atoms with Crippen LogP contribution in [-0.2, 0) is 7.05 Å². The summed E-state index contributed by atoms with van der Waals surface area (Å²) < 4.78 is 1.73. The van der Waals surface area contributed by atoms with Gasteiger partial charge in [-0.25, -0.2) is 4.98 Å². The van der Waals surface area contributed by atoms with E-state index in [0.29, 0.717) is 11.3 Å². The molecule has 1 fully saturated rings. The summed E-state index contributed by atoms with van der Waals surface area (Å²) in [4.78, 5) is 20.0. The number of hydrogen-bond donors (Lipinski definition) is 1. The summed E-state index contributed by atoms with van der Waals surface area (Å²) in [6.45, 7) is 4.42. The molecule has 2 aromatic rings. The van der Waals surface area contributed by atoms with Crippen LogP contribution >= 0.6 is 11.3 Å². The van der Waals surface area contributed by atoms with E-state index in [9.17, 15) is 9.90 Å². The Morgan fingerprint density at radius 3 is 3.00 bits per heavy atom. The van der Waals surface area contributed by atoms with Crippen LogP contribution in [0.2, 0.25) is 0 Å². The van der Waals surface area contributed by atoms with E-state index in [2.05, 4.69) is 10.1 Å². The number of rotatable bonds is 4. The van der Waals surface area contributed by atoms with E-state index in [0.717, 1.165) is 35.7 Å². The Labute approximate surface area is 139 Å². The van der Waals surface area contributed by atoms with Gasteiger partial charge in [-0.15, -0.1) is 11.3 Å². The predicted octanol–water partition coefficient (Wildman–Crippen LogP) is 2.23. The van der Waals surface area contributed by atoms with Crippen LogP contribution in [0.5, 0.6) is 0 Å². The number of carbonyl (C=O) groups is 1. The van der Waals surface area contributed by atoms with Crippen LogP contribution in [-0.4, -0.2) is 49.4 Å². The first-order valence-electron chi connectivity index (χ1n) is 7.91.